The van der Waals surface area contributed by atoms with Gasteiger partial charge in [-0.15, -0.1) is 0 Å². The topological polar surface area (TPSA) is 119 Å². The van der Waals surface area contributed by atoms with E-state index < -0.39 is 30.4 Å². The zero-order chi connectivity index (χ0) is 20.5. The summed E-state index contributed by atoms with van der Waals surface area (Å²) < 4.78 is 5.23. The molecule has 0 aromatic heterocycles. The van der Waals surface area contributed by atoms with Crippen molar-refractivity contribution < 1.29 is 23.9 Å². The summed E-state index contributed by atoms with van der Waals surface area (Å²) in [5.41, 5.74) is 5.78. The molecule has 3 N–H and O–H groups in total. The highest BCUT2D eigenvalue weighted by atomic mass is 16.5. The molecule has 1 unspecified atom stereocenters. The highest BCUT2D eigenvalue weighted by Crippen LogP contribution is 2.28. The normalized spacial score (nSPS) is 14.9. The van der Waals surface area contributed by atoms with E-state index in [0.29, 0.717) is 5.69 Å². The van der Waals surface area contributed by atoms with Gasteiger partial charge in [-0.2, -0.15) is 0 Å². The van der Waals surface area contributed by atoms with Gasteiger partial charge in [-0.25, -0.2) is 4.79 Å². The van der Waals surface area contributed by atoms with E-state index in [1.807, 2.05) is 0 Å². The van der Waals surface area contributed by atoms with Gasteiger partial charge in [0, 0.05) is 25.6 Å². The summed E-state index contributed by atoms with van der Waals surface area (Å²) in [4.78, 5) is 49.1. The molecule has 1 aromatic rings. The number of benzene rings is 1. The second-order valence-electron chi connectivity index (χ2n) is 6.93. The summed E-state index contributed by atoms with van der Waals surface area (Å²) in [5.74, 6) is -1.90. The van der Waals surface area contributed by atoms with Crippen LogP contribution in [0.4, 0.5) is 5.69 Å². The SMILES string of the molecule is CC(=O)NC(C(=O)OCC(=O)N(CCC(N)=O)c1ccccc1)C1CCCC1. The fourth-order valence-corrected chi connectivity index (χ4v) is 3.41. The lowest BCUT2D eigenvalue weighted by atomic mass is 9.98. The molecule has 0 bridgehead atoms. The lowest BCUT2D eigenvalue weighted by molar-refractivity contribution is -0.152. The summed E-state index contributed by atoms with van der Waals surface area (Å²) in [6.45, 7) is 0.962. The number of carbonyl (C=O) groups excluding carboxylic acids is 4. The first kappa shape index (κ1) is 21.4. The van der Waals surface area contributed by atoms with Crippen LogP contribution in [0, 0.1) is 5.92 Å². The number of esters is 1. The second kappa shape index (κ2) is 10.4. The number of anilines is 1. The first-order valence-electron chi connectivity index (χ1n) is 9.46. The van der Waals surface area contributed by atoms with Crippen molar-refractivity contribution in [2.75, 3.05) is 18.1 Å². The van der Waals surface area contributed by atoms with Gasteiger partial charge in [-0.3, -0.25) is 14.4 Å². The van der Waals surface area contributed by atoms with E-state index >= 15 is 0 Å². The van der Waals surface area contributed by atoms with Crippen molar-refractivity contribution >= 4 is 29.4 Å². The Morgan fingerprint density at radius 3 is 2.39 bits per heavy atom. The lowest BCUT2D eigenvalue weighted by Gasteiger charge is -2.25. The molecule has 0 aliphatic heterocycles. The Morgan fingerprint density at radius 2 is 1.82 bits per heavy atom. The van der Waals surface area contributed by atoms with Gasteiger partial charge in [0.25, 0.3) is 5.91 Å². The van der Waals surface area contributed by atoms with E-state index in [9.17, 15) is 19.2 Å². The van der Waals surface area contributed by atoms with Crippen LogP contribution in [-0.2, 0) is 23.9 Å². The Balaban J connectivity index is 2.01. The quantitative estimate of drug-likeness (QED) is 0.614. The van der Waals surface area contributed by atoms with E-state index in [1.165, 1.54) is 11.8 Å². The molecule has 0 heterocycles. The number of nitrogens with two attached hydrogens (primary N) is 1. The molecule has 28 heavy (non-hydrogen) atoms. The first-order valence-corrected chi connectivity index (χ1v) is 9.46. The number of nitrogens with zero attached hydrogens (tertiary/aromatic N) is 1. The molecule has 1 fully saturated rings. The summed E-state index contributed by atoms with van der Waals surface area (Å²) in [6.07, 6.45) is 3.67. The molecular weight excluding hydrogens is 362 g/mol. The lowest BCUT2D eigenvalue weighted by Crippen LogP contribution is -2.46. The zero-order valence-corrected chi connectivity index (χ0v) is 16.1. The van der Waals surface area contributed by atoms with Gasteiger partial charge in [0.1, 0.15) is 6.04 Å². The Labute approximate surface area is 164 Å². The van der Waals surface area contributed by atoms with E-state index in [0.717, 1.165) is 25.7 Å². The maximum absolute atomic E-state index is 12.6. The number of ether oxygens (including phenoxy) is 1. The molecule has 0 spiro atoms. The number of hydrogen-bond acceptors (Lipinski definition) is 5. The molecule has 0 radical (unpaired) electrons. The van der Waals surface area contributed by atoms with Crippen LogP contribution in [-0.4, -0.2) is 42.9 Å². The minimum absolute atomic E-state index is 0.00876. The molecule has 1 aromatic carbocycles. The monoisotopic (exact) mass is 389 g/mol. The van der Waals surface area contributed by atoms with Crippen LogP contribution in [0.1, 0.15) is 39.0 Å². The smallest absolute Gasteiger partial charge is 0.329 e. The number of para-hydroxylation sites is 1. The van der Waals surface area contributed by atoms with Crippen LogP contribution in [0.15, 0.2) is 30.3 Å². The van der Waals surface area contributed by atoms with Gasteiger partial charge in [-0.05, 0) is 30.9 Å². The second-order valence-corrected chi connectivity index (χ2v) is 6.93. The van der Waals surface area contributed by atoms with Gasteiger partial charge < -0.3 is 20.7 Å². The first-order chi connectivity index (χ1) is 13.4. The number of rotatable bonds is 9. The molecule has 1 atom stereocenters. The molecule has 1 aliphatic carbocycles. The average Bonchev–Trinajstić information content (AvgIpc) is 3.19. The molecule has 0 saturated heterocycles. The summed E-state index contributed by atoms with van der Waals surface area (Å²) >= 11 is 0. The largest absolute Gasteiger partial charge is 0.454 e. The number of nitrogens with one attached hydrogen (secondary N) is 1. The van der Waals surface area contributed by atoms with Crippen molar-refractivity contribution in [2.45, 2.75) is 45.1 Å². The van der Waals surface area contributed by atoms with Gasteiger partial charge in [-0.1, -0.05) is 31.0 Å². The standard InChI is InChI=1S/C20H27N3O5/c1-14(24)22-19(15-7-5-6-8-15)20(27)28-13-18(26)23(12-11-17(21)25)16-9-3-2-4-10-16/h2-4,9-10,15,19H,5-8,11-13H2,1H3,(H2,21,25)(H,22,24). The zero-order valence-electron chi connectivity index (χ0n) is 16.1. The molecule has 1 saturated carbocycles. The molecule has 3 amide bonds. The fourth-order valence-electron chi connectivity index (χ4n) is 3.41. The highest BCUT2D eigenvalue weighted by molar-refractivity contribution is 5.96. The van der Waals surface area contributed by atoms with E-state index in [1.54, 1.807) is 30.3 Å². The van der Waals surface area contributed by atoms with Crippen molar-refractivity contribution in [1.82, 2.24) is 5.32 Å². The van der Waals surface area contributed by atoms with E-state index in [2.05, 4.69) is 5.32 Å². The summed E-state index contributed by atoms with van der Waals surface area (Å²) in [6, 6.07) is 8.03. The highest BCUT2D eigenvalue weighted by Gasteiger charge is 2.33. The minimum atomic E-state index is -0.747. The van der Waals surface area contributed by atoms with Crippen molar-refractivity contribution in [3.8, 4) is 0 Å². The third kappa shape index (κ3) is 6.37. The Kier molecular flexibility index (Phi) is 7.98. The number of amides is 3. The Hall–Kier alpha value is -2.90. The fraction of sp³-hybridized carbons (Fsp3) is 0.500. The molecule has 8 nitrogen and oxygen atoms in total. The summed E-state index contributed by atoms with van der Waals surface area (Å²) in [5, 5.41) is 2.65. The number of hydrogen-bond donors (Lipinski definition) is 2. The Bertz CT molecular complexity index is 701. The van der Waals surface area contributed by atoms with Crippen LogP contribution in [0.3, 0.4) is 0 Å². The van der Waals surface area contributed by atoms with E-state index in [4.69, 9.17) is 10.5 Å². The number of carbonyl (C=O) groups is 4. The minimum Gasteiger partial charge on any atom is -0.454 e. The van der Waals surface area contributed by atoms with Crippen molar-refractivity contribution in [2.24, 2.45) is 11.7 Å². The molecule has 152 valence electrons. The van der Waals surface area contributed by atoms with Gasteiger partial charge in [0.2, 0.25) is 11.8 Å². The third-order valence-electron chi connectivity index (χ3n) is 4.77. The third-order valence-corrected chi connectivity index (χ3v) is 4.77. The molecular formula is C20H27N3O5. The maximum atomic E-state index is 12.6. The number of primary amides is 1. The van der Waals surface area contributed by atoms with Gasteiger partial charge in [0.05, 0.1) is 0 Å². The van der Waals surface area contributed by atoms with Crippen LogP contribution < -0.4 is 16.0 Å². The summed E-state index contributed by atoms with van der Waals surface area (Å²) in [7, 11) is 0. The van der Waals surface area contributed by atoms with Gasteiger partial charge in [0.15, 0.2) is 6.61 Å². The van der Waals surface area contributed by atoms with Crippen LogP contribution >= 0.6 is 0 Å². The van der Waals surface area contributed by atoms with Crippen LogP contribution in [0.5, 0.6) is 0 Å². The van der Waals surface area contributed by atoms with Crippen molar-refractivity contribution in [3.05, 3.63) is 30.3 Å². The van der Waals surface area contributed by atoms with Crippen LogP contribution in [0.25, 0.3) is 0 Å². The maximum Gasteiger partial charge on any atom is 0.329 e. The van der Waals surface area contributed by atoms with Crippen molar-refractivity contribution in [3.63, 3.8) is 0 Å². The van der Waals surface area contributed by atoms with Crippen molar-refractivity contribution in [1.29, 1.82) is 0 Å². The average molecular weight is 389 g/mol. The van der Waals surface area contributed by atoms with Crippen LogP contribution in [0.2, 0.25) is 0 Å². The molecule has 8 heteroatoms. The van der Waals surface area contributed by atoms with E-state index in [-0.39, 0.29) is 24.8 Å². The predicted octanol–water partition coefficient (Wildman–Crippen LogP) is 1.13. The van der Waals surface area contributed by atoms with Gasteiger partial charge >= 0.3 is 5.97 Å². The Morgan fingerprint density at radius 1 is 1.18 bits per heavy atom. The molecule has 1 aliphatic rings. The predicted molar refractivity (Wildman–Crippen MR) is 103 cm³/mol. The molecule has 2 rings (SSSR count).